The third-order valence-corrected chi connectivity index (χ3v) is 8.20. The first kappa shape index (κ1) is 27.4. The lowest BCUT2D eigenvalue weighted by Crippen LogP contribution is -2.40. The highest BCUT2D eigenvalue weighted by molar-refractivity contribution is 6.76. The van der Waals surface area contributed by atoms with Crippen molar-refractivity contribution in [3.63, 3.8) is 0 Å². The quantitative estimate of drug-likeness (QED) is 0.209. The van der Waals surface area contributed by atoms with Crippen molar-refractivity contribution in [2.75, 3.05) is 6.61 Å². The Balaban J connectivity index is 1.92. The minimum absolute atomic E-state index is 0.0296. The molecular formula is C27H30F3N5O2Si. The molecule has 1 unspecified atom stereocenters. The van der Waals surface area contributed by atoms with E-state index >= 15 is 0 Å². The number of H-pyrrole nitrogens is 1. The number of aromatic nitrogens is 3. The molecule has 2 aromatic heterocycles. The van der Waals surface area contributed by atoms with Gasteiger partial charge in [-0.2, -0.15) is 18.4 Å². The van der Waals surface area contributed by atoms with Crippen LogP contribution in [0.25, 0.3) is 21.9 Å². The zero-order valence-corrected chi connectivity index (χ0v) is 23.0. The van der Waals surface area contributed by atoms with Crippen LogP contribution >= 0.6 is 0 Å². The van der Waals surface area contributed by atoms with Gasteiger partial charge in [-0.15, -0.1) is 0 Å². The largest absolute Gasteiger partial charge is 0.471 e. The highest BCUT2D eigenvalue weighted by atomic mass is 28.3. The zero-order valence-electron chi connectivity index (χ0n) is 22.0. The third kappa shape index (κ3) is 5.61. The first-order valence-corrected chi connectivity index (χ1v) is 15.9. The van der Waals surface area contributed by atoms with Crippen LogP contribution in [0.3, 0.4) is 0 Å². The minimum Gasteiger partial charge on any atom is -0.361 e. The van der Waals surface area contributed by atoms with Gasteiger partial charge in [-0.05, 0) is 60.8 Å². The smallest absolute Gasteiger partial charge is 0.361 e. The number of fused-ring (bicyclic) bond motifs is 2. The third-order valence-electron chi connectivity index (χ3n) is 6.49. The Morgan fingerprint density at radius 2 is 1.95 bits per heavy atom. The zero-order chi connectivity index (χ0) is 27.8. The van der Waals surface area contributed by atoms with Gasteiger partial charge in [0.05, 0.1) is 22.7 Å². The van der Waals surface area contributed by atoms with Crippen LogP contribution in [0, 0.1) is 25.2 Å². The molecule has 4 aromatic rings. The van der Waals surface area contributed by atoms with E-state index in [4.69, 9.17) is 4.74 Å². The molecule has 7 nitrogen and oxygen atoms in total. The molecule has 0 radical (unpaired) electrons. The average molecular weight is 542 g/mol. The molecular weight excluding hydrogens is 511 g/mol. The molecule has 0 aliphatic heterocycles. The van der Waals surface area contributed by atoms with Crippen LogP contribution in [0.2, 0.25) is 25.7 Å². The van der Waals surface area contributed by atoms with Gasteiger partial charge < -0.3 is 19.6 Å². The topological polar surface area (TPSA) is 95.7 Å². The lowest BCUT2D eigenvalue weighted by molar-refractivity contribution is -0.174. The molecule has 0 bridgehead atoms. The van der Waals surface area contributed by atoms with E-state index in [2.05, 4.69) is 41.0 Å². The number of aromatic amines is 1. The van der Waals surface area contributed by atoms with E-state index in [1.54, 1.807) is 42.0 Å². The molecule has 2 N–H and O–H groups in total. The Morgan fingerprint density at radius 3 is 2.61 bits per heavy atom. The number of benzene rings is 2. The summed E-state index contributed by atoms with van der Waals surface area (Å²) >= 11 is 0. The van der Waals surface area contributed by atoms with Crippen molar-refractivity contribution >= 4 is 35.9 Å². The van der Waals surface area contributed by atoms with Crippen LogP contribution in [0.4, 0.5) is 13.2 Å². The number of hydrogen-bond acceptors (Lipinski definition) is 4. The summed E-state index contributed by atoms with van der Waals surface area (Å²) in [5.41, 5.74) is 4.28. The Hall–Kier alpha value is -3.62. The van der Waals surface area contributed by atoms with E-state index in [9.17, 15) is 23.2 Å². The highest BCUT2D eigenvalue weighted by Crippen LogP contribution is 2.35. The van der Waals surface area contributed by atoms with Crippen molar-refractivity contribution in [3.8, 4) is 6.07 Å². The summed E-state index contributed by atoms with van der Waals surface area (Å²) in [6, 6.07) is 10.3. The summed E-state index contributed by atoms with van der Waals surface area (Å²) in [7, 11) is -1.38. The van der Waals surface area contributed by atoms with Gasteiger partial charge in [0.25, 0.3) is 0 Å². The highest BCUT2D eigenvalue weighted by Gasteiger charge is 2.41. The number of aryl methyl sites for hydroxylation is 2. The molecule has 0 spiro atoms. The number of nitrogens with zero attached hydrogens (tertiary/aromatic N) is 3. The number of carbonyl (C=O) groups is 1. The van der Waals surface area contributed by atoms with Crippen molar-refractivity contribution in [3.05, 3.63) is 64.6 Å². The first-order valence-electron chi connectivity index (χ1n) is 12.2. The van der Waals surface area contributed by atoms with E-state index in [0.29, 0.717) is 39.7 Å². The Bertz CT molecular complexity index is 1540. The van der Waals surface area contributed by atoms with Gasteiger partial charge in [-0.25, -0.2) is 4.98 Å². The van der Waals surface area contributed by atoms with Gasteiger partial charge in [-0.1, -0.05) is 25.7 Å². The second-order valence-electron chi connectivity index (χ2n) is 10.7. The molecule has 0 fully saturated rings. The van der Waals surface area contributed by atoms with Crippen LogP contribution in [-0.4, -0.2) is 41.3 Å². The van der Waals surface area contributed by atoms with E-state index in [1.807, 2.05) is 13.0 Å². The number of carbonyl (C=O) groups excluding carboxylic acids is 1. The number of hydrogen-bond donors (Lipinski definition) is 2. The maximum absolute atomic E-state index is 13.5. The summed E-state index contributed by atoms with van der Waals surface area (Å²) in [4.78, 5) is 20.1. The van der Waals surface area contributed by atoms with Gasteiger partial charge in [0.1, 0.15) is 18.6 Å². The normalized spacial score (nSPS) is 13.1. The SMILES string of the molecule is Cc1cc(C)c2[nH]ccc2c1C(NC(=O)C(F)(F)F)c1nc2cc(C#N)ccc2n1COCC[Si](C)(C)C. The van der Waals surface area contributed by atoms with Crippen LogP contribution in [0.5, 0.6) is 0 Å². The number of ether oxygens (including phenoxy) is 1. The van der Waals surface area contributed by atoms with Crippen molar-refractivity contribution in [1.82, 2.24) is 19.9 Å². The molecule has 1 atom stereocenters. The minimum atomic E-state index is -5.09. The van der Waals surface area contributed by atoms with Gasteiger partial charge in [0, 0.05) is 31.8 Å². The van der Waals surface area contributed by atoms with Crippen LogP contribution in [0.1, 0.15) is 34.1 Å². The van der Waals surface area contributed by atoms with Crippen LogP contribution in [-0.2, 0) is 16.3 Å². The standard InChI is InChI=1S/C27H30F3N5O2Si/c1-16-12-17(2)23-19(8-9-32-23)22(16)24(34-26(36)27(28,29)30)25-33-20-13-18(14-31)6-7-21(20)35(25)15-37-10-11-38(3,4)5/h6-9,12-13,24,32H,10-11,15H2,1-5H3,(H,34,36). The molecule has 0 saturated carbocycles. The maximum atomic E-state index is 13.5. The Morgan fingerprint density at radius 1 is 1.21 bits per heavy atom. The predicted octanol–water partition coefficient (Wildman–Crippen LogP) is 6.09. The molecule has 2 heterocycles. The van der Waals surface area contributed by atoms with Crippen LogP contribution < -0.4 is 5.32 Å². The lowest BCUT2D eigenvalue weighted by atomic mass is 9.94. The first-order chi connectivity index (χ1) is 17.8. The molecule has 0 aliphatic carbocycles. The lowest BCUT2D eigenvalue weighted by Gasteiger charge is -2.24. The van der Waals surface area contributed by atoms with Crippen molar-refractivity contribution in [2.45, 2.75) is 58.5 Å². The van der Waals surface area contributed by atoms with Crippen molar-refractivity contribution in [2.24, 2.45) is 0 Å². The number of halogens is 3. The van der Waals surface area contributed by atoms with Gasteiger partial charge >= 0.3 is 12.1 Å². The molecule has 0 saturated heterocycles. The second-order valence-corrected chi connectivity index (χ2v) is 16.3. The van der Waals surface area contributed by atoms with Gasteiger partial charge in [0.15, 0.2) is 0 Å². The number of nitrogens with one attached hydrogen (secondary N) is 2. The fraction of sp³-hybridized carbons (Fsp3) is 0.370. The van der Waals surface area contributed by atoms with Crippen molar-refractivity contribution < 1.29 is 22.7 Å². The summed E-state index contributed by atoms with van der Waals surface area (Å²) in [5.74, 6) is -1.88. The van der Waals surface area contributed by atoms with E-state index < -0.39 is 26.2 Å². The fourth-order valence-electron chi connectivity index (χ4n) is 4.58. The molecule has 0 aliphatic rings. The molecule has 11 heteroatoms. The predicted molar refractivity (Wildman–Crippen MR) is 142 cm³/mol. The summed E-state index contributed by atoms with van der Waals surface area (Å²) in [6.45, 7) is 10.9. The van der Waals surface area contributed by atoms with E-state index in [1.165, 1.54) is 0 Å². The molecule has 38 heavy (non-hydrogen) atoms. The Labute approximate surface area is 219 Å². The van der Waals surface area contributed by atoms with E-state index in [0.717, 1.165) is 17.1 Å². The molecule has 4 rings (SSSR count). The molecule has 2 aromatic carbocycles. The number of rotatable bonds is 8. The summed E-state index contributed by atoms with van der Waals surface area (Å²) in [6.07, 6.45) is -3.38. The molecule has 200 valence electrons. The van der Waals surface area contributed by atoms with Gasteiger partial charge in [0.2, 0.25) is 0 Å². The van der Waals surface area contributed by atoms with E-state index in [-0.39, 0.29) is 12.6 Å². The maximum Gasteiger partial charge on any atom is 0.471 e. The van der Waals surface area contributed by atoms with Crippen molar-refractivity contribution in [1.29, 1.82) is 5.26 Å². The number of amides is 1. The fourth-order valence-corrected chi connectivity index (χ4v) is 5.33. The second kappa shape index (κ2) is 10.3. The molecule has 1 amide bonds. The summed E-state index contributed by atoms with van der Waals surface area (Å²) in [5, 5.41) is 12.3. The average Bonchev–Trinajstić information content (AvgIpc) is 3.44. The van der Waals surface area contributed by atoms with Gasteiger partial charge in [-0.3, -0.25) is 4.79 Å². The number of nitriles is 1. The Kier molecular flexibility index (Phi) is 7.41. The number of imidazole rings is 1. The van der Waals surface area contributed by atoms with Crippen LogP contribution in [0.15, 0.2) is 36.5 Å². The monoisotopic (exact) mass is 541 g/mol. The summed E-state index contributed by atoms with van der Waals surface area (Å²) < 4.78 is 48.2. The number of alkyl halides is 3.